The normalized spacial score (nSPS) is 8.15. The summed E-state index contributed by atoms with van der Waals surface area (Å²) in [6, 6.07) is 0. The summed E-state index contributed by atoms with van der Waals surface area (Å²) in [5.41, 5.74) is 0. The Morgan fingerprint density at radius 2 is 2.00 bits per heavy atom. The third-order valence-electron chi connectivity index (χ3n) is 0.892. The van der Waals surface area contributed by atoms with Crippen LogP contribution in [0.5, 0.6) is 0 Å². The van der Waals surface area contributed by atoms with E-state index in [-0.39, 0.29) is 13.0 Å². The zero-order valence-corrected chi connectivity index (χ0v) is 8.72. The van der Waals surface area contributed by atoms with Crippen LogP contribution in [0.15, 0.2) is 0 Å². The summed E-state index contributed by atoms with van der Waals surface area (Å²) in [7, 11) is 3.47. The average Bonchev–Trinajstić information content (AvgIpc) is 2.05. The maximum absolute atomic E-state index is 9.92. The average molecular weight is 208 g/mol. The molecule has 1 unspecified atom stereocenters. The molecule has 0 aromatic carbocycles. The number of methoxy groups -OCH3 is 1. The van der Waals surface area contributed by atoms with E-state index in [1.54, 1.807) is 7.11 Å². The van der Waals surface area contributed by atoms with Crippen LogP contribution in [0.4, 0.5) is 0 Å². The number of carboxylic acids is 1. The van der Waals surface area contributed by atoms with Crippen molar-refractivity contribution in [2.45, 2.75) is 6.42 Å². The Hall–Kier alpha value is -0.315. The maximum atomic E-state index is 9.92. The number of rotatable bonds is 6. The van der Waals surface area contributed by atoms with E-state index in [1.165, 1.54) is 0 Å². The molecule has 0 rings (SSSR count). The fourth-order valence-electron chi connectivity index (χ4n) is 0.404. The second-order valence-electron chi connectivity index (χ2n) is 1.88. The molecule has 76 valence electrons. The summed E-state index contributed by atoms with van der Waals surface area (Å²) in [6.07, 6.45) is 0.0592. The van der Waals surface area contributed by atoms with Gasteiger partial charge in [0.1, 0.15) is 0 Å². The van der Waals surface area contributed by atoms with Crippen LogP contribution in [0.1, 0.15) is 6.42 Å². The molecule has 0 amide bonds. The van der Waals surface area contributed by atoms with Crippen molar-refractivity contribution in [3.63, 3.8) is 0 Å². The van der Waals surface area contributed by atoms with Gasteiger partial charge in [0.15, 0.2) is 0 Å². The van der Waals surface area contributed by atoms with Gasteiger partial charge in [-0.15, -0.1) is 0 Å². The van der Waals surface area contributed by atoms with Crippen LogP contribution in [-0.2, 0) is 19.0 Å². The molecule has 0 saturated carbocycles. The van der Waals surface area contributed by atoms with Gasteiger partial charge in [-0.25, -0.2) is 0 Å². The molecule has 0 aliphatic carbocycles. The molecule has 1 N–H and O–H groups in total. The van der Waals surface area contributed by atoms with Crippen molar-refractivity contribution in [3.8, 4) is 0 Å². The van der Waals surface area contributed by atoms with E-state index in [2.05, 4.69) is 4.74 Å². The van der Waals surface area contributed by atoms with Gasteiger partial charge >= 0.3 is 26.7 Å². The summed E-state index contributed by atoms with van der Waals surface area (Å²) >= 11 is 0. The minimum atomic E-state index is -0.836. The fraction of sp³-hybridized carbons (Fsp3) is 0.833. The predicted octanol–water partition coefficient (Wildman–Crippen LogP) is -0.0497. The van der Waals surface area contributed by atoms with E-state index in [9.17, 15) is 4.79 Å². The number of hydrogen-bond donors (Lipinski definition) is 1. The van der Waals surface area contributed by atoms with Crippen molar-refractivity contribution in [1.29, 1.82) is 0 Å². The Morgan fingerprint density at radius 1 is 1.46 bits per heavy atom. The second-order valence-corrected chi connectivity index (χ2v) is 2.16. The van der Waals surface area contributed by atoms with E-state index < -0.39 is 5.97 Å². The van der Waals surface area contributed by atoms with Crippen LogP contribution in [0, 0.1) is 0 Å². The van der Waals surface area contributed by atoms with Crippen LogP contribution < -0.4 is 0 Å². The SMILES string of the molecule is COCCOCCC(=O)O.O=BP. The van der Waals surface area contributed by atoms with Gasteiger partial charge in [0.05, 0.1) is 26.2 Å². The quantitative estimate of drug-likeness (QED) is 0.376. The molecule has 0 aliphatic rings. The molecule has 1 atom stereocenters. The molecule has 0 aromatic rings. The van der Waals surface area contributed by atoms with Gasteiger partial charge in [-0.1, -0.05) is 0 Å². The second kappa shape index (κ2) is 14.2. The Balaban J connectivity index is 0. The number of hydrogen-bond acceptors (Lipinski definition) is 4. The van der Waals surface area contributed by atoms with E-state index in [4.69, 9.17) is 14.5 Å². The molecule has 13 heavy (non-hydrogen) atoms. The zero-order chi connectivity index (χ0) is 10.5. The minimum absolute atomic E-state index is 0.0592. The number of ether oxygens (including phenoxy) is 2. The van der Waals surface area contributed by atoms with Crippen LogP contribution in [0.3, 0.4) is 0 Å². The third-order valence-corrected chi connectivity index (χ3v) is 0.892. The van der Waals surface area contributed by atoms with E-state index in [0.717, 1.165) is 0 Å². The number of carboxylic acid groups (broad SMARTS) is 1. The molecule has 0 aliphatic heterocycles. The van der Waals surface area contributed by atoms with Crippen molar-refractivity contribution in [3.05, 3.63) is 0 Å². The molecule has 0 radical (unpaired) electrons. The van der Waals surface area contributed by atoms with E-state index in [1.807, 2.05) is 9.12 Å². The summed E-state index contributed by atoms with van der Waals surface area (Å²) in [5, 5.41) is 8.16. The first-order chi connectivity index (χ1) is 6.18. The van der Waals surface area contributed by atoms with Gasteiger partial charge in [0.2, 0.25) is 0 Å². The Labute approximate surface area is 80.2 Å². The van der Waals surface area contributed by atoms with Crippen molar-refractivity contribution < 1.29 is 24.1 Å². The van der Waals surface area contributed by atoms with Crippen molar-refractivity contribution in [1.82, 2.24) is 0 Å². The van der Waals surface area contributed by atoms with E-state index in [0.29, 0.717) is 20.1 Å². The van der Waals surface area contributed by atoms with Crippen molar-refractivity contribution in [2.24, 2.45) is 0 Å². The predicted molar refractivity (Wildman–Crippen MR) is 51.1 cm³/mol. The Bertz CT molecular complexity index is 132. The summed E-state index contributed by atoms with van der Waals surface area (Å²) in [4.78, 5) is 9.92. The molecule has 5 nitrogen and oxygen atoms in total. The topological polar surface area (TPSA) is 72.8 Å². The molecule has 0 saturated heterocycles. The fourth-order valence-corrected chi connectivity index (χ4v) is 0.404. The third kappa shape index (κ3) is 24.5. The summed E-state index contributed by atoms with van der Waals surface area (Å²) in [5.74, 6) is -0.836. The van der Waals surface area contributed by atoms with Crippen LogP contribution in [-0.4, -0.2) is 44.9 Å². The molecule has 7 heteroatoms. The van der Waals surface area contributed by atoms with E-state index >= 15 is 0 Å². The first kappa shape index (κ1) is 15.2. The van der Waals surface area contributed by atoms with Gasteiger partial charge in [-0.05, 0) is 0 Å². The summed E-state index contributed by atoms with van der Waals surface area (Å²) < 4.78 is 18.3. The molecule has 0 aromatic heterocycles. The van der Waals surface area contributed by atoms with Gasteiger partial charge in [0, 0.05) is 7.11 Å². The summed E-state index contributed by atoms with van der Waals surface area (Å²) in [6.45, 7) is 1.90. The molecule has 0 spiro atoms. The van der Waals surface area contributed by atoms with Gasteiger partial charge in [-0.3, -0.25) is 4.79 Å². The molecule has 0 bridgehead atoms. The monoisotopic (exact) mass is 208 g/mol. The van der Waals surface area contributed by atoms with Gasteiger partial charge in [0.25, 0.3) is 0 Å². The van der Waals surface area contributed by atoms with Crippen molar-refractivity contribution in [2.75, 3.05) is 26.9 Å². The number of carbonyl (C=O) groups is 1. The van der Waals surface area contributed by atoms with Crippen LogP contribution in [0.2, 0.25) is 0 Å². The molecular weight excluding hydrogens is 194 g/mol. The van der Waals surface area contributed by atoms with Gasteiger partial charge < -0.3 is 14.6 Å². The van der Waals surface area contributed by atoms with Crippen molar-refractivity contribution >= 4 is 22.0 Å². The first-order valence-corrected chi connectivity index (χ1v) is 4.29. The molecular formula is C6H14BO5P. The van der Waals surface area contributed by atoms with Gasteiger partial charge in [-0.2, -0.15) is 0 Å². The Kier molecular flexibility index (Phi) is 16.6. The van der Waals surface area contributed by atoms with Crippen LogP contribution >= 0.6 is 9.12 Å². The Morgan fingerprint density at radius 3 is 2.38 bits per heavy atom. The number of aliphatic carboxylic acids is 1. The standard InChI is InChI=1S/C6H12O4.BH2OP/c1-9-4-5-10-3-2-6(7)8;2-1-3/h2-5H2,1H3,(H,7,8);3H2. The zero-order valence-electron chi connectivity index (χ0n) is 7.56. The molecule has 0 heterocycles. The van der Waals surface area contributed by atoms with Crippen LogP contribution in [0.25, 0.3) is 0 Å². The first-order valence-electron chi connectivity index (χ1n) is 3.62. The molecule has 0 fully saturated rings.